The van der Waals surface area contributed by atoms with Gasteiger partial charge >= 0.3 is 11.9 Å². The Hall–Kier alpha value is -1.97. The molecule has 1 aliphatic carbocycles. The number of fused-ring (bicyclic) bond motifs is 4. The van der Waals surface area contributed by atoms with Crippen LogP contribution in [-0.4, -0.2) is 53.9 Å². The van der Waals surface area contributed by atoms with Crippen molar-refractivity contribution in [2.75, 3.05) is 27.4 Å². The minimum absolute atomic E-state index is 0.00638. The molecule has 154 valence electrons. The third kappa shape index (κ3) is 3.92. The standard InChI is InChI=1S/C19H24O8S/c1-11-4-6-13(7-5-11)28(22,23)27-9-12-8-14-17(24-2)16(19(21)25-3)15(12)10-26-18(14)20/h4-7,12,14-17H,8-10H2,1-3H3/t12-,14-,15+,16+,17+/m0/s1. The van der Waals surface area contributed by atoms with Crippen molar-refractivity contribution in [1.82, 2.24) is 0 Å². The molecule has 2 aliphatic heterocycles. The maximum atomic E-state index is 12.5. The topological polar surface area (TPSA) is 105 Å². The summed E-state index contributed by atoms with van der Waals surface area (Å²) >= 11 is 0. The predicted octanol–water partition coefficient (Wildman–Crippen LogP) is 1.31. The van der Waals surface area contributed by atoms with Gasteiger partial charge in [0, 0.05) is 13.0 Å². The molecule has 1 aromatic rings. The zero-order valence-electron chi connectivity index (χ0n) is 16.0. The number of methoxy groups -OCH3 is 2. The molecule has 0 aromatic heterocycles. The molecule has 9 heteroatoms. The lowest BCUT2D eigenvalue weighted by Gasteiger charge is -2.40. The Bertz CT molecular complexity index is 832. The van der Waals surface area contributed by atoms with Crippen molar-refractivity contribution in [3.05, 3.63) is 29.8 Å². The molecule has 2 saturated heterocycles. The number of aryl methyl sites for hydroxylation is 1. The van der Waals surface area contributed by atoms with Crippen LogP contribution in [0.2, 0.25) is 0 Å². The third-order valence-corrected chi connectivity index (χ3v) is 6.88. The van der Waals surface area contributed by atoms with Crippen molar-refractivity contribution in [2.24, 2.45) is 23.7 Å². The summed E-state index contributed by atoms with van der Waals surface area (Å²) in [5.41, 5.74) is 0.933. The van der Waals surface area contributed by atoms with Crippen LogP contribution in [0.4, 0.5) is 0 Å². The minimum atomic E-state index is -3.95. The zero-order chi connectivity index (χ0) is 20.5. The predicted molar refractivity (Wildman–Crippen MR) is 96.7 cm³/mol. The maximum Gasteiger partial charge on any atom is 0.311 e. The van der Waals surface area contributed by atoms with E-state index >= 15 is 0 Å². The number of hydrogen-bond donors (Lipinski definition) is 0. The van der Waals surface area contributed by atoms with Crippen LogP contribution in [0.15, 0.2) is 29.2 Å². The summed E-state index contributed by atoms with van der Waals surface area (Å²) < 4.78 is 45.9. The molecule has 2 heterocycles. The highest BCUT2D eigenvalue weighted by Crippen LogP contribution is 2.44. The molecule has 2 bridgehead atoms. The molecule has 0 amide bonds. The van der Waals surface area contributed by atoms with Gasteiger partial charge in [-0.15, -0.1) is 0 Å². The number of benzene rings is 1. The van der Waals surface area contributed by atoms with Gasteiger partial charge in [-0.3, -0.25) is 13.8 Å². The number of carbonyl (C=O) groups is 2. The summed E-state index contributed by atoms with van der Waals surface area (Å²) in [6.07, 6.45) is -0.351. The molecule has 0 radical (unpaired) electrons. The van der Waals surface area contributed by atoms with Crippen LogP contribution < -0.4 is 0 Å². The lowest BCUT2D eigenvalue weighted by molar-refractivity contribution is -0.163. The fourth-order valence-electron chi connectivity index (χ4n) is 4.08. The fourth-order valence-corrected chi connectivity index (χ4v) is 5.03. The number of carbonyl (C=O) groups excluding carboxylic acids is 2. The molecular weight excluding hydrogens is 388 g/mol. The highest BCUT2D eigenvalue weighted by Gasteiger charge is 2.55. The molecular formula is C19H24O8S. The first kappa shape index (κ1) is 20.8. The van der Waals surface area contributed by atoms with Gasteiger partial charge in [0.25, 0.3) is 10.1 Å². The molecule has 3 fully saturated rings. The molecule has 8 nitrogen and oxygen atoms in total. The van der Waals surface area contributed by atoms with Crippen molar-refractivity contribution in [2.45, 2.75) is 24.3 Å². The number of esters is 2. The second-order valence-electron chi connectivity index (χ2n) is 7.20. The first-order valence-corrected chi connectivity index (χ1v) is 10.4. The molecule has 3 aliphatic rings. The van der Waals surface area contributed by atoms with E-state index in [9.17, 15) is 18.0 Å². The Morgan fingerprint density at radius 1 is 1.21 bits per heavy atom. The van der Waals surface area contributed by atoms with Crippen LogP contribution in [-0.2, 0) is 38.1 Å². The third-order valence-electron chi connectivity index (χ3n) is 5.59. The van der Waals surface area contributed by atoms with E-state index in [2.05, 4.69) is 0 Å². The van der Waals surface area contributed by atoms with Crippen LogP contribution in [0, 0.1) is 30.6 Å². The summed E-state index contributed by atoms with van der Waals surface area (Å²) in [5, 5.41) is 0. The van der Waals surface area contributed by atoms with Gasteiger partial charge in [-0.1, -0.05) is 17.7 Å². The van der Waals surface area contributed by atoms with E-state index in [4.69, 9.17) is 18.4 Å². The lowest BCUT2D eigenvalue weighted by atomic mass is 9.67. The first-order valence-electron chi connectivity index (χ1n) is 9.02. The Morgan fingerprint density at radius 2 is 1.89 bits per heavy atom. The van der Waals surface area contributed by atoms with Crippen molar-refractivity contribution >= 4 is 22.1 Å². The second kappa shape index (κ2) is 8.18. The largest absolute Gasteiger partial charge is 0.469 e. The molecule has 5 atom stereocenters. The average Bonchev–Trinajstić information content (AvgIpc) is 2.92. The Morgan fingerprint density at radius 3 is 2.50 bits per heavy atom. The number of hydrogen-bond acceptors (Lipinski definition) is 8. The van der Waals surface area contributed by atoms with Gasteiger partial charge in [0.1, 0.15) is 0 Å². The van der Waals surface area contributed by atoms with E-state index in [0.717, 1.165) is 5.56 Å². The minimum Gasteiger partial charge on any atom is -0.469 e. The molecule has 0 N–H and O–H groups in total. The van der Waals surface area contributed by atoms with Gasteiger partial charge in [-0.2, -0.15) is 8.42 Å². The van der Waals surface area contributed by atoms with Gasteiger partial charge in [0.15, 0.2) is 0 Å². The molecule has 0 spiro atoms. The monoisotopic (exact) mass is 412 g/mol. The van der Waals surface area contributed by atoms with Crippen molar-refractivity contribution in [1.29, 1.82) is 0 Å². The Balaban J connectivity index is 1.81. The summed E-state index contributed by atoms with van der Waals surface area (Å²) in [6.45, 7) is 1.70. The summed E-state index contributed by atoms with van der Waals surface area (Å²) in [7, 11) is -1.25. The lowest BCUT2D eigenvalue weighted by Crippen LogP contribution is -2.50. The zero-order valence-corrected chi connectivity index (χ0v) is 16.8. The fraction of sp³-hybridized carbons (Fsp3) is 0.579. The van der Waals surface area contributed by atoms with E-state index in [1.165, 1.54) is 26.4 Å². The van der Waals surface area contributed by atoms with Crippen molar-refractivity contribution < 1.29 is 36.4 Å². The SMILES string of the molecule is COC(=O)[C@@H]1[C@@H]2COC(=O)[C@@H](C[C@H]2COS(=O)(=O)c2ccc(C)cc2)[C@H]1OC. The molecule has 1 saturated carbocycles. The van der Waals surface area contributed by atoms with Gasteiger partial charge in [-0.05, 0) is 31.4 Å². The molecule has 1 aromatic carbocycles. The number of ether oxygens (including phenoxy) is 3. The van der Waals surface area contributed by atoms with Crippen LogP contribution in [0.5, 0.6) is 0 Å². The van der Waals surface area contributed by atoms with Crippen LogP contribution in [0.25, 0.3) is 0 Å². The molecule has 28 heavy (non-hydrogen) atoms. The quantitative estimate of drug-likeness (QED) is 0.509. The van der Waals surface area contributed by atoms with E-state index in [0.29, 0.717) is 6.42 Å². The van der Waals surface area contributed by atoms with Crippen LogP contribution in [0.1, 0.15) is 12.0 Å². The van der Waals surface area contributed by atoms with Gasteiger partial charge < -0.3 is 14.2 Å². The Kier molecular flexibility index (Phi) is 6.07. The average molecular weight is 412 g/mol. The highest BCUT2D eigenvalue weighted by molar-refractivity contribution is 7.86. The van der Waals surface area contributed by atoms with E-state index in [-0.39, 0.29) is 24.0 Å². The molecule has 4 rings (SSSR count). The number of rotatable bonds is 6. The molecule has 0 unspecified atom stereocenters. The van der Waals surface area contributed by atoms with Crippen LogP contribution >= 0.6 is 0 Å². The summed E-state index contributed by atoms with van der Waals surface area (Å²) in [6, 6.07) is 6.34. The highest BCUT2D eigenvalue weighted by atomic mass is 32.2. The first-order chi connectivity index (χ1) is 13.3. The summed E-state index contributed by atoms with van der Waals surface area (Å²) in [5.74, 6) is -3.18. The summed E-state index contributed by atoms with van der Waals surface area (Å²) in [4.78, 5) is 24.7. The Labute approximate surface area is 164 Å². The van der Waals surface area contributed by atoms with E-state index in [1.807, 2.05) is 6.92 Å². The normalized spacial score (nSPS) is 29.8. The van der Waals surface area contributed by atoms with Crippen LogP contribution in [0.3, 0.4) is 0 Å². The van der Waals surface area contributed by atoms with Crippen molar-refractivity contribution in [3.8, 4) is 0 Å². The van der Waals surface area contributed by atoms with E-state index < -0.39 is 45.9 Å². The smallest absolute Gasteiger partial charge is 0.311 e. The van der Waals surface area contributed by atoms with Gasteiger partial charge in [0.2, 0.25) is 0 Å². The van der Waals surface area contributed by atoms with Crippen molar-refractivity contribution in [3.63, 3.8) is 0 Å². The van der Waals surface area contributed by atoms with Gasteiger partial charge in [0.05, 0.1) is 43.2 Å². The van der Waals surface area contributed by atoms with Gasteiger partial charge in [-0.25, -0.2) is 0 Å². The second-order valence-corrected chi connectivity index (χ2v) is 8.81. The maximum absolute atomic E-state index is 12.5. The van der Waals surface area contributed by atoms with E-state index in [1.54, 1.807) is 12.1 Å².